The number of hydrogen-bond donors (Lipinski definition) is 1. The van der Waals surface area contributed by atoms with Gasteiger partial charge in [-0.25, -0.2) is 26.3 Å². The first kappa shape index (κ1) is 15.1. The SMILES string of the molecule is CC(Nc1c(F)c(F)c(F)c(F)c1F)c1ccc(F)cn1. The molecule has 0 saturated carbocycles. The van der Waals surface area contributed by atoms with E-state index < -0.39 is 46.6 Å². The van der Waals surface area contributed by atoms with E-state index in [1.165, 1.54) is 13.0 Å². The molecule has 21 heavy (non-hydrogen) atoms. The van der Waals surface area contributed by atoms with Crippen molar-refractivity contribution in [3.05, 3.63) is 58.9 Å². The number of hydrogen-bond acceptors (Lipinski definition) is 2. The van der Waals surface area contributed by atoms with E-state index >= 15 is 0 Å². The number of nitrogens with zero attached hydrogens (tertiary/aromatic N) is 1. The Labute approximate surface area is 115 Å². The second kappa shape index (κ2) is 5.63. The number of rotatable bonds is 3. The smallest absolute Gasteiger partial charge is 0.200 e. The van der Waals surface area contributed by atoms with Gasteiger partial charge < -0.3 is 5.32 Å². The average molecular weight is 306 g/mol. The van der Waals surface area contributed by atoms with Crippen LogP contribution in [0.2, 0.25) is 0 Å². The Morgan fingerprint density at radius 2 is 1.38 bits per heavy atom. The molecule has 0 fully saturated rings. The van der Waals surface area contributed by atoms with Crippen molar-refractivity contribution in [2.45, 2.75) is 13.0 Å². The minimum atomic E-state index is -2.23. The molecule has 0 aliphatic carbocycles. The lowest BCUT2D eigenvalue weighted by atomic mass is 10.2. The molecular weight excluding hydrogens is 298 g/mol. The lowest BCUT2D eigenvalue weighted by Gasteiger charge is -2.16. The lowest BCUT2D eigenvalue weighted by Crippen LogP contribution is -2.14. The summed E-state index contributed by atoms with van der Waals surface area (Å²) in [6.07, 6.45) is 0.867. The van der Waals surface area contributed by atoms with E-state index in [-0.39, 0.29) is 5.69 Å². The van der Waals surface area contributed by atoms with E-state index in [4.69, 9.17) is 0 Å². The molecule has 0 spiro atoms. The Morgan fingerprint density at radius 3 is 1.86 bits per heavy atom. The van der Waals surface area contributed by atoms with Crippen molar-refractivity contribution in [1.29, 1.82) is 0 Å². The number of nitrogens with one attached hydrogen (secondary N) is 1. The van der Waals surface area contributed by atoms with Gasteiger partial charge in [-0.2, -0.15) is 0 Å². The summed E-state index contributed by atoms with van der Waals surface area (Å²) in [5.74, 6) is -10.9. The van der Waals surface area contributed by atoms with Gasteiger partial charge >= 0.3 is 0 Å². The Morgan fingerprint density at radius 1 is 0.857 bits per heavy atom. The van der Waals surface area contributed by atoms with Gasteiger partial charge in [-0.1, -0.05) is 0 Å². The van der Waals surface area contributed by atoms with Crippen molar-refractivity contribution in [1.82, 2.24) is 4.98 Å². The van der Waals surface area contributed by atoms with E-state index in [9.17, 15) is 26.3 Å². The summed E-state index contributed by atoms with van der Waals surface area (Å²) < 4.78 is 78.6. The predicted octanol–water partition coefficient (Wildman–Crippen LogP) is 4.09. The van der Waals surface area contributed by atoms with E-state index in [0.29, 0.717) is 0 Å². The third-order valence-electron chi connectivity index (χ3n) is 2.76. The monoisotopic (exact) mass is 306 g/mol. The van der Waals surface area contributed by atoms with Crippen molar-refractivity contribution >= 4 is 5.69 Å². The van der Waals surface area contributed by atoms with Crippen LogP contribution in [0, 0.1) is 34.9 Å². The molecule has 0 radical (unpaired) electrons. The van der Waals surface area contributed by atoms with Crippen molar-refractivity contribution in [3.63, 3.8) is 0 Å². The molecular formula is C13H8F6N2. The number of aromatic nitrogens is 1. The molecule has 0 amide bonds. The van der Waals surface area contributed by atoms with Gasteiger partial charge in [-0.15, -0.1) is 0 Å². The second-order valence-corrected chi connectivity index (χ2v) is 4.21. The van der Waals surface area contributed by atoms with Crippen molar-refractivity contribution in [3.8, 4) is 0 Å². The standard InChI is InChI=1S/C13H8F6N2/c1-5(7-3-2-6(14)4-20-7)21-13-11(18)9(16)8(15)10(17)12(13)19/h2-5,21H,1H3. The fourth-order valence-corrected chi connectivity index (χ4v) is 1.67. The minimum absolute atomic E-state index is 0.167. The van der Waals surface area contributed by atoms with Crippen LogP contribution in [0.4, 0.5) is 32.0 Å². The summed E-state index contributed by atoms with van der Waals surface area (Å²) in [4.78, 5) is 3.65. The Balaban J connectivity index is 2.37. The maximum Gasteiger partial charge on any atom is 0.200 e. The summed E-state index contributed by atoms with van der Waals surface area (Å²) in [6, 6.07) is 1.37. The predicted molar refractivity (Wildman–Crippen MR) is 62.5 cm³/mol. The highest BCUT2D eigenvalue weighted by Gasteiger charge is 2.26. The maximum absolute atomic E-state index is 13.5. The molecule has 2 aromatic rings. The highest BCUT2D eigenvalue weighted by Crippen LogP contribution is 2.29. The van der Waals surface area contributed by atoms with Gasteiger partial charge in [0.25, 0.3) is 0 Å². The van der Waals surface area contributed by atoms with E-state index in [2.05, 4.69) is 10.3 Å². The van der Waals surface area contributed by atoms with Gasteiger partial charge in [0, 0.05) is 0 Å². The van der Waals surface area contributed by atoms with Crippen molar-refractivity contribution in [2.75, 3.05) is 5.32 Å². The van der Waals surface area contributed by atoms with Crippen LogP contribution in [0.1, 0.15) is 18.7 Å². The van der Waals surface area contributed by atoms with Crippen LogP contribution in [0.15, 0.2) is 18.3 Å². The molecule has 1 N–H and O–H groups in total. The number of anilines is 1. The molecule has 0 aliphatic rings. The van der Waals surface area contributed by atoms with Gasteiger partial charge in [-0.3, -0.25) is 4.98 Å². The van der Waals surface area contributed by atoms with Crippen LogP contribution in [-0.4, -0.2) is 4.98 Å². The fraction of sp³-hybridized carbons (Fsp3) is 0.154. The number of benzene rings is 1. The molecule has 8 heteroatoms. The average Bonchev–Trinajstić information content (AvgIpc) is 2.48. The number of halogens is 6. The fourth-order valence-electron chi connectivity index (χ4n) is 1.67. The zero-order valence-electron chi connectivity index (χ0n) is 10.5. The third-order valence-corrected chi connectivity index (χ3v) is 2.76. The molecule has 1 unspecified atom stereocenters. The molecule has 2 rings (SSSR count). The van der Waals surface area contributed by atoms with E-state index in [1.54, 1.807) is 0 Å². The molecule has 1 aromatic heterocycles. The zero-order valence-corrected chi connectivity index (χ0v) is 10.5. The van der Waals surface area contributed by atoms with Gasteiger partial charge in [0.1, 0.15) is 11.5 Å². The quantitative estimate of drug-likeness (QED) is 0.525. The summed E-state index contributed by atoms with van der Waals surface area (Å²) in [7, 11) is 0. The first-order valence-corrected chi connectivity index (χ1v) is 5.72. The third kappa shape index (κ3) is 2.79. The topological polar surface area (TPSA) is 24.9 Å². The molecule has 1 aromatic carbocycles. The van der Waals surface area contributed by atoms with Crippen molar-refractivity contribution in [2.24, 2.45) is 0 Å². The second-order valence-electron chi connectivity index (χ2n) is 4.21. The van der Waals surface area contributed by atoms with Crippen LogP contribution in [0.3, 0.4) is 0 Å². The molecule has 2 nitrogen and oxygen atoms in total. The molecule has 0 bridgehead atoms. The molecule has 0 aliphatic heterocycles. The minimum Gasteiger partial charge on any atom is -0.372 e. The van der Waals surface area contributed by atoms with Crippen LogP contribution >= 0.6 is 0 Å². The Hall–Kier alpha value is -2.25. The normalized spacial score (nSPS) is 12.3. The molecule has 1 atom stereocenters. The number of pyridine rings is 1. The zero-order chi connectivity index (χ0) is 15.7. The van der Waals surface area contributed by atoms with Crippen molar-refractivity contribution < 1.29 is 26.3 Å². The first-order chi connectivity index (χ1) is 9.82. The summed E-state index contributed by atoms with van der Waals surface area (Å²) in [6.45, 7) is 1.37. The lowest BCUT2D eigenvalue weighted by molar-refractivity contribution is 0.381. The summed E-state index contributed by atoms with van der Waals surface area (Å²) >= 11 is 0. The van der Waals surface area contributed by atoms with Crippen LogP contribution in [-0.2, 0) is 0 Å². The Bertz CT molecular complexity index is 642. The van der Waals surface area contributed by atoms with Crippen LogP contribution < -0.4 is 5.32 Å². The van der Waals surface area contributed by atoms with Gasteiger partial charge in [0.05, 0.1) is 17.9 Å². The van der Waals surface area contributed by atoms with Gasteiger partial charge in [0.15, 0.2) is 23.3 Å². The highest BCUT2D eigenvalue weighted by molar-refractivity contribution is 5.49. The highest BCUT2D eigenvalue weighted by atomic mass is 19.2. The summed E-state index contributed by atoms with van der Waals surface area (Å²) in [5, 5.41) is 2.14. The maximum atomic E-state index is 13.5. The molecule has 112 valence electrons. The van der Waals surface area contributed by atoms with E-state index in [1.807, 2.05) is 0 Å². The molecule has 1 heterocycles. The van der Waals surface area contributed by atoms with Crippen LogP contribution in [0.25, 0.3) is 0 Å². The largest absolute Gasteiger partial charge is 0.372 e. The van der Waals surface area contributed by atoms with Crippen LogP contribution in [0.5, 0.6) is 0 Å². The van der Waals surface area contributed by atoms with Gasteiger partial charge in [0.2, 0.25) is 5.82 Å². The molecule has 0 saturated heterocycles. The van der Waals surface area contributed by atoms with Gasteiger partial charge in [-0.05, 0) is 19.1 Å². The van der Waals surface area contributed by atoms with E-state index in [0.717, 1.165) is 12.3 Å². The Kier molecular flexibility index (Phi) is 4.06. The summed E-state index contributed by atoms with van der Waals surface area (Å²) in [5.41, 5.74) is -0.995. The first-order valence-electron chi connectivity index (χ1n) is 5.72.